The number of anilines is 1. The van der Waals surface area contributed by atoms with Crippen molar-refractivity contribution in [1.82, 2.24) is 5.32 Å². The van der Waals surface area contributed by atoms with Crippen molar-refractivity contribution < 1.29 is 4.74 Å². The van der Waals surface area contributed by atoms with E-state index >= 15 is 0 Å². The molecule has 20 heavy (non-hydrogen) atoms. The van der Waals surface area contributed by atoms with Gasteiger partial charge in [0.15, 0.2) is 0 Å². The summed E-state index contributed by atoms with van der Waals surface area (Å²) in [7, 11) is 0. The first-order valence-electron chi connectivity index (χ1n) is 7.72. The van der Waals surface area contributed by atoms with E-state index in [1.54, 1.807) is 0 Å². The maximum atomic E-state index is 5.79. The quantitative estimate of drug-likeness (QED) is 0.916. The van der Waals surface area contributed by atoms with Crippen LogP contribution in [0.3, 0.4) is 0 Å². The molecule has 0 radical (unpaired) electrons. The van der Waals surface area contributed by atoms with Crippen LogP contribution >= 0.6 is 0 Å². The molecular weight excluding hydrogens is 248 g/mol. The molecule has 1 N–H and O–H groups in total. The summed E-state index contributed by atoms with van der Waals surface area (Å²) in [5, 5.41) is 3.69. The van der Waals surface area contributed by atoms with Gasteiger partial charge in [-0.25, -0.2) is 0 Å². The van der Waals surface area contributed by atoms with Gasteiger partial charge in [-0.1, -0.05) is 32.9 Å². The van der Waals surface area contributed by atoms with E-state index in [-0.39, 0.29) is 5.41 Å². The van der Waals surface area contributed by atoms with Gasteiger partial charge in [-0.2, -0.15) is 0 Å². The lowest BCUT2D eigenvalue weighted by Gasteiger charge is -2.35. The van der Waals surface area contributed by atoms with Gasteiger partial charge in [-0.05, 0) is 37.4 Å². The van der Waals surface area contributed by atoms with Crippen molar-refractivity contribution in [3.8, 4) is 5.75 Å². The van der Waals surface area contributed by atoms with E-state index in [0.29, 0.717) is 12.6 Å². The second kappa shape index (κ2) is 6.49. The molecule has 1 unspecified atom stereocenters. The third-order valence-electron chi connectivity index (χ3n) is 3.95. The van der Waals surface area contributed by atoms with E-state index < -0.39 is 0 Å². The first-order valence-corrected chi connectivity index (χ1v) is 7.72. The van der Waals surface area contributed by atoms with E-state index in [4.69, 9.17) is 4.74 Å². The molecule has 1 aromatic rings. The highest BCUT2D eigenvalue weighted by Crippen LogP contribution is 2.31. The highest BCUT2D eigenvalue weighted by Gasteiger charge is 2.28. The SMILES string of the molecule is CCOc1ccccc1N1CCCNC(C(C)(C)C)C1. The highest BCUT2D eigenvalue weighted by atomic mass is 16.5. The number of para-hydroxylation sites is 2. The lowest BCUT2D eigenvalue weighted by Crippen LogP contribution is -2.46. The Morgan fingerprint density at radius 1 is 1.30 bits per heavy atom. The Bertz CT molecular complexity index is 425. The molecule has 0 aliphatic carbocycles. The molecule has 112 valence electrons. The van der Waals surface area contributed by atoms with E-state index in [9.17, 15) is 0 Å². The lowest BCUT2D eigenvalue weighted by atomic mass is 9.86. The summed E-state index contributed by atoms with van der Waals surface area (Å²) in [6.07, 6.45) is 1.17. The number of hydrogen-bond acceptors (Lipinski definition) is 3. The van der Waals surface area contributed by atoms with Crippen LogP contribution in [0.25, 0.3) is 0 Å². The molecule has 3 heteroatoms. The van der Waals surface area contributed by atoms with Crippen LogP contribution in [-0.2, 0) is 0 Å². The van der Waals surface area contributed by atoms with Crippen molar-refractivity contribution >= 4 is 5.69 Å². The fourth-order valence-corrected chi connectivity index (χ4v) is 2.72. The van der Waals surface area contributed by atoms with Crippen LogP contribution in [0.5, 0.6) is 5.75 Å². The molecule has 1 aromatic carbocycles. The Balaban J connectivity index is 2.22. The zero-order valence-electron chi connectivity index (χ0n) is 13.3. The van der Waals surface area contributed by atoms with Crippen molar-refractivity contribution in [2.24, 2.45) is 5.41 Å². The van der Waals surface area contributed by atoms with Gasteiger partial charge in [-0.15, -0.1) is 0 Å². The molecule has 1 fully saturated rings. The van der Waals surface area contributed by atoms with Gasteiger partial charge in [-0.3, -0.25) is 0 Å². The molecule has 1 saturated heterocycles. The molecule has 1 aliphatic heterocycles. The molecular formula is C17H28N2O. The zero-order valence-corrected chi connectivity index (χ0v) is 13.3. The number of benzene rings is 1. The van der Waals surface area contributed by atoms with Gasteiger partial charge in [0, 0.05) is 19.1 Å². The number of nitrogens with one attached hydrogen (secondary N) is 1. The van der Waals surface area contributed by atoms with Crippen LogP contribution in [0.1, 0.15) is 34.1 Å². The van der Waals surface area contributed by atoms with Gasteiger partial charge in [0.25, 0.3) is 0 Å². The van der Waals surface area contributed by atoms with Crippen LogP contribution in [-0.4, -0.2) is 32.3 Å². The first-order chi connectivity index (χ1) is 9.52. The molecule has 2 rings (SSSR count). The average Bonchev–Trinajstić information content (AvgIpc) is 2.65. The van der Waals surface area contributed by atoms with E-state index in [0.717, 1.165) is 25.4 Å². The second-order valence-corrected chi connectivity index (χ2v) is 6.57. The summed E-state index contributed by atoms with van der Waals surface area (Å²) in [4.78, 5) is 2.47. The fourth-order valence-electron chi connectivity index (χ4n) is 2.72. The Hall–Kier alpha value is -1.22. The summed E-state index contributed by atoms with van der Waals surface area (Å²) >= 11 is 0. The van der Waals surface area contributed by atoms with Gasteiger partial charge in [0.1, 0.15) is 5.75 Å². The summed E-state index contributed by atoms with van der Waals surface area (Å²) in [5.41, 5.74) is 1.50. The topological polar surface area (TPSA) is 24.5 Å². The Morgan fingerprint density at radius 3 is 2.75 bits per heavy atom. The predicted octanol–water partition coefficient (Wildman–Crippen LogP) is 3.30. The molecule has 1 heterocycles. The normalized spacial score (nSPS) is 20.6. The Morgan fingerprint density at radius 2 is 2.05 bits per heavy atom. The molecule has 0 aromatic heterocycles. The third kappa shape index (κ3) is 3.66. The number of hydrogen-bond donors (Lipinski definition) is 1. The van der Waals surface area contributed by atoms with Crippen molar-refractivity contribution in [2.75, 3.05) is 31.1 Å². The maximum absolute atomic E-state index is 5.79. The van der Waals surface area contributed by atoms with Crippen molar-refractivity contribution in [2.45, 2.75) is 40.2 Å². The van der Waals surface area contributed by atoms with E-state index in [1.165, 1.54) is 12.1 Å². The van der Waals surface area contributed by atoms with E-state index in [2.05, 4.69) is 49.2 Å². The molecule has 3 nitrogen and oxygen atoms in total. The molecule has 0 bridgehead atoms. The van der Waals surface area contributed by atoms with Crippen molar-refractivity contribution in [1.29, 1.82) is 0 Å². The van der Waals surface area contributed by atoms with Crippen molar-refractivity contribution in [3.63, 3.8) is 0 Å². The average molecular weight is 276 g/mol. The minimum Gasteiger partial charge on any atom is -0.492 e. The van der Waals surface area contributed by atoms with Crippen LogP contribution in [0.15, 0.2) is 24.3 Å². The molecule has 1 atom stereocenters. The van der Waals surface area contributed by atoms with Crippen LogP contribution in [0.2, 0.25) is 0 Å². The van der Waals surface area contributed by atoms with Crippen molar-refractivity contribution in [3.05, 3.63) is 24.3 Å². The summed E-state index contributed by atoms with van der Waals surface area (Å²) in [6.45, 7) is 12.9. The highest BCUT2D eigenvalue weighted by molar-refractivity contribution is 5.58. The first kappa shape index (κ1) is 15.2. The largest absolute Gasteiger partial charge is 0.492 e. The third-order valence-corrected chi connectivity index (χ3v) is 3.95. The predicted molar refractivity (Wildman–Crippen MR) is 85.7 cm³/mol. The number of ether oxygens (including phenoxy) is 1. The number of rotatable bonds is 3. The van der Waals surface area contributed by atoms with Gasteiger partial charge in [0.05, 0.1) is 12.3 Å². The van der Waals surface area contributed by atoms with Crippen LogP contribution < -0.4 is 15.0 Å². The van der Waals surface area contributed by atoms with Gasteiger partial charge in [0.2, 0.25) is 0 Å². The standard InChI is InChI=1S/C17H28N2O/c1-5-20-15-10-7-6-9-14(15)19-12-8-11-18-16(13-19)17(2,3)4/h6-7,9-10,16,18H,5,8,11-13H2,1-4H3. The zero-order chi connectivity index (χ0) is 14.6. The minimum absolute atomic E-state index is 0.267. The van der Waals surface area contributed by atoms with Crippen LogP contribution in [0.4, 0.5) is 5.69 Å². The Kier molecular flexibility index (Phi) is 4.92. The van der Waals surface area contributed by atoms with Gasteiger partial charge < -0.3 is 15.0 Å². The van der Waals surface area contributed by atoms with Gasteiger partial charge >= 0.3 is 0 Å². The monoisotopic (exact) mass is 276 g/mol. The second-order valence-electron chi connectivity index (χ2n) is 6.57. The molecule has 0 spiro atoms. The summed E-state index contributed by atoms with van der Waals surface area (Å²) < 4.78 is 5.79. The minimum atomic E-state index is 0.267. The lowest BCUT2D eigenvalue weighted by molar-refractivity contribution is 0.279. The molecule has 0 amide bonds. The number of nitrogens with zero attached hydrogens (tertiary/aromatic N) is 1. The Labute approximate surface area is 123 Å². The van der Waals surface area contributed by atoms with Crippen LogP contribution in [0, 0.1) is 5.41 Å². The maximum Gasteiger partial charge on any atom is 0.142 e. The van der Waals surface area contributed by atoms with E-state index in [1.807, 2.05) is 13.0 Å². The molecule has 1 aliphatic rings. The summed E-state index contributed by atoms with van der Waals surface area (Å²) in [5.74, 6) is 1.00. The fraction of sp³-hybridized carbons (Fsp3) is 0.647. The molecule has 0 saturated carbocycles. The smallest absolute Gasteiger partial charge is 0.142 e. The summed E-state index contributed by atoms with van der Waals surface area (Å²) in [6, 6.07) is 8.90.